The number of aromatic hydroxyl groups is 1. The number of hydrogen-bond acceptors (Lipinski definition) is 3. The van der Waals surface area contributed by atoms with Crippen molar-refractivity contribution < 1.29 is 14.6 Å². The molecule has 1 aromatic carbocycles. The first-order chi connectivity index (χ1) is 8.29. The monoisotopic (exact) mass is 251 g/mol. The largest absolute Gasteiger partial charge is 0.507 e. The number of hydrogen-bond donors (Lipinski definition) is 2. The van der Waals surface area contributed by atoms with E-state index in [-0.39, 0.29) is 0 Å². The van der Waals surface area contributed by atoms with Crippen LogP contribution in [0.2, 0.25) is 0 Å². The van der Waals surface area contributed by atoms with Gasteiger partial charge in [0.25, 0.3) is 0 Å². The number of nitrogens with one attached hydrogen (secondary N) is 1. The molecule has 0 atom stereocenters. The van der Waals surface area contributed by atoms with Gasteiger partial charge in [-0.2, -0.15) is 0 Å². The molecule has 0 saturated carbocycles. The van der Waals surface area contributed by atoms with Gasteiger partial charge in [-0.25, -0.2) is 4.79 Å². The van der Waals surface area contributed by atoms with E-state index in [1.807, 2.05) is 45.9 Å². The van der Waals surface area contributed by atoms with Crippen LogP contribution in [-0.4, -0.2) is 23.3 Å². The Morgan fingerprint density at radius 2 is 2.06 bits per heavy atom. The standard InChI is InChI=1S/C14H21NO3/c1-10-6-5-7-11(12(10)16)8-9-15-13(17)18-14(2,3)4/h5-7,16H,8-9H2,1-4H3,(H,15,17). The minimum Gasteiger partial charge on any atom is -0.507 e. The molecular weight excluding hydrogens is 230 g/mol. The molecule has 4 heteroatoms. The second-order valence-corrected chi connectivity index (χ2v) is 5.26. The lowest BCUT2D eigenvalue weighted by molar-refractivity contribution is 0.0528. The van der Waals surface area contributed by atoms with E-state index in [0.29, 0.717) is 18.7 Å². The minimum absolute atomic E-state index is 0.295. The molecule has 1 aromatic rings. The molecule has 18 heavy (non-hydrogen) atoms. The number of rotatable bonds is 3. The van der Waals surface area contributed by atoms with Gasteiger partial charge in [-0.3, -0.25) is 0 Å². The second-order valence-electron chi connectivity index (χ2n) is 5.26. The van der Waals surface area contributed by atoms with Crippen molar-refractivity contribution in [3.63, 3.8) is 0 Å². The third kappa shape index (κ3) is 4.65. The van der Waals surface area contributed by atoms with Gasteiger partial charge in [-0.1, -0.05) is 18.2 Å². The second kappa shape index (κ2) is 5.76. The molecular formula is C14H21NO3. The van der Waals surface area contributed by atoms with Gasteiger partial charge < -0.3 is 15.2 Å². The summed E-state index contributed by atoms with van der Waals surface area (Å²) >= 11 is 0. The average Bonchev–Trinajstić information content (AvgIpc) is 2.21. The first-order valence-electron chi connectivity index (χ1n) is 6.04. The van der Waals surface area contributed by atoms with Gasteiger partial charge in [0.05, 0.1) is 0 Å². The van der Waals surface area contributed by atoms with Crippen LogP contribution < -0.4 is 5.32 Å². The predicted octanol–water partition coefficient (Wildman–Crippen LogP) is 2.77. The van der Waals surface area contributed by atoms with Crippen molar-refractivity contribution >= 4 is 6.09 Å². The molecule has 0 aromatic heterocycles. The van der Waals surface area contributed by atoms with E-state index in [4.69, 9.17) is 4.74 Å². The number of phenolic OH excluding ortho intramolecular Hbond substituents is 1. The number of alkyl carbamates (subject to hydrolysis) is 1. The number of carbonyl (C=O) groups excluding carboxylic acids is 1. The molecule has 0 aliphatic rings. The number of benzene rings is 1. The highest BCUT2D eigenvalue weighted by molar-refractivity contribution is 5.67. The summed E-state index contributed by atoms with van der Waals surface area (Å²) in [7, 11) is 0. The van der Waals surface area contributed by atoms with Crippen LogP contribution in [0, 0.1) is 6.92 Å². The van der Waals surface area contributed by atoms with Crippen molar-refractivity contribution in [2.75, 3.05) is 6.54 Å². The van der Waals surface area contributed by atoms with Crippen LogP contribution in [0.1, 0.15) is 31.9 Å². The van der Waals surface area contributed by atoms with Crippen LogP contribution in [0.5, 0.6) is 5.75 Å². The van der Waals surface area contributed by atoms with Crippen molar-refractivity contribution in [1.29, 1.82) is 0 Å². The maximum atomic E-state index is 11.4. The number of ether oxygens (including phenoxy) is 1. The number of amides is 1. The summed E-state index contributed by atoms with van der Waals surface area (Å²) in [4.78, 5) is 11.4. The van der Waals surface area contributed by atoms with E-state index >= 15 is 0 Å². The number of aryl methyl sites for hydroxylation is 1. The van der Waals surface area contributed by atoms with Crippen molar-refractivity contribution in [3.05, 3.63) is 29.3 Å². The molecule has 0 aliphatic heterocycles. The van der Waals surface area contributed by atoms with Crippen LogP contribution in [0.4, 0.5) is 4.79 Å². The van der Waals surface area contributed by atoms with Gasteiger partial charge in [0.2, 0.25) is 0 Å². The quantitative estimate of drug-likeness (QED) is 0.868. The van der Waals surface area contributed by atoms with Crippen LogP contribution >= 0.6 is 0 Å². The molecule has 0 saturated heterocycles. The topological polar surface area (TPSA) is 58.6 Å². The maximum absolute atomic E-state index is 11.4. The molecule has 1 amide bonds. The molecule has 0 heterocycles. The Kier molecular flexibility index (Phi) is 4.59. The van der Waals surface area contributed by atoms with E-state index in [1.165, 1.54) is 0 Å². The Morgan fingerprint density at radius 1 is 1.39 bits per heavy atom. The summed E-state index contributed by atoms with van der Waals surface area (Å²) < 4.78 is 5.12. The Hall–Kier alpha value is -1.71. The average molecular weight is 251 g/mol. The lowest BCUT2D eigenvalue weighted by Crippen LogP contribution is -2.33. The lowest BCUT2D eigenvalue weighted by Gasteiger charge is -2.19. The summed E-state index contributed by atoms with van der Waals surface area (Å²) in [5.74, 6) is 0.295. The van der Waals surface area contributed by atoms with Gasteiger partial charge in [0, 0.05) is 6.54 Å². The third-order valence-electron chi connectivity index (χ3n) is 2.38. The van der Waals surface area contributed by atoms with E-state index in [9.17, 15) is 9.90 Å². The molecule has 0 spiro atoms. The summed E-state index contributed by atoms with van der Waals surface area (Å²) in [6.07, 6.45) is 0.141. The summed E-state index contributed by atoms with van der Waals surface area (Å²) in [5.41, 5.74) is 1.17. The van der Waals surface area contributed by atoms with Crippen LogP contribution in [0.25, 0.3) is 0 Å². The minimum atomic E-state index is -0.491. The zero-order valence-corrected chi connectivity index (χ0v) is 11.4. The fourth-order valence-electron chi connectivity index (χ4n) is 1.53. The Balaban J connectivity index is 2.43. The highest BCUT2D eigenvalue weighted by Crippen LogP contribution is 2.21. The fraction of sp³-hybridized carbons (Fsp3) is 0.500. The number of carbonyl (C=O) groups is 1. The van der Waals surface area contributed by atoms with Gasteiger partial charge in [-0.05, 0) is 45.2 Å². The molecule has 4 nitrogen and oxygen atoms in total. The molecule has 0 aliphatic carbocycles. The highest BCUT2D eigenvalue weighted by atomic mass is 16.6. The van der Waals surface area contributed by atoms with Gasteiger partial charge in [0.15, 0.2) is 0 Å². The Morgan fingerprint density at radius 3 is 2.67 bits per heavy atom. The molecule has 0 bridgehead atoms. The normalized spacial score (nSPS) is 11.1. The van der Waals surface area contributed by atoms with E-state index < -0.39 is 11.7 Å². The third-order valence-corrected chi connectivity index (χ3v) is 2.38. The summed E-state index contributed by atoms with van der Waals surface area (Å²) in [5, 5.41) is 12.5. The van der Waals surface area contributed by atoms with Crippen molar-refractivity contribution in [2.24, 2.45) is 0 Å². The van der Waals surface area contributed by atoms with Crippen molar-refractivity contribution in [2.45, 2.75) is 39.7 Å². The molecule has 0 unspecified atom stereocenters. The summed E-state index contributed by atoms with van der Waals surface area (Å²) in [6, 6.07) is 5.58. The molecule has 2 N–H and O–H groups in total. The molecule has 1 rings (SSSR count). The van der Waals surface area contributed by atoms with Gasteiger partial charge in [0.1, 0.15) is 11.4 Å². The number of phenols is 1. The van der Waals surface area contributed by atoms with E-state index in [2.05, 4.69) is 5.32 Å². The molecule has 100 valence electrons. The predicted molar refractivity (Wildman–Crippen MR) is 70.8 cm³/mol. The summed E-state index contributed by atoms with van der Waals surface area (Å²) in [6.45, 7) is 7.74. The van der Waals surface area contributed by atoms with Crippen LogP contribution in [0.3, 0.4) is 0 Å². The van der Waals surface area contributed by atoms with Crippen molar-refractivity contribution in [1.82, 2.24) is 5.32 Å². The smallest absolute Gasteiger partial charge is 0.407 e. The fourth-order valence-corrected chi connectivity index (χ4v) is 1.53. The maximum Gasteiger partial charge on any atom is 0.407 e. The molecule has 0 fully saturated rings. The van der Waals surface area contributed by atoms with Gasteiger partial charge >= 0.3 is 6.09 Å². The highest BCUT2D eigenvalue weighted by Gasteiger charge is 2.15. The van der Waals surface area contributed by atoms with E-state index in [0.717, 1.165) is 11.1 Å². The lowest BCUT2D eigenvalue weighted by atomic mass is 10.1. The zero-order chi connectivity index (χ0) is 13.8. The van der Waals surface area contributed by atoms with Gasteiger partial charge in [-0.15, -0.1) is 0 Å². The van der Waals surface area contributed by atoms with Crippen molar-refractivity contribution in [3.8, 4) is 5.75 Å². The van der Waals surface area contributed by atoms with Crippen LogP contribution in [0.15, 0.2) is 18.2 Å². The first kappa shape index (κ1) is 14.4. The molecule has 0 radical (unpaired) electrons. The Labute approximate surface area is 108 Å². The number of para-hydroxylation sites is 1. The first-order valence-corrected chi connectivity index (χ1v) is 6.04. The van der Waals surface area contributed by atoms with E-state index in [1.54, 1.807) is 0 Å². The SMILES string of the molecule is Cc1cccc(CCNC(=O)OC(C)(C)C)c1O. The zero-order valence-electron chi connectivity index (χ0n) is 11.4. The van der Waals surface area contributed by atoms with Crippen LogP contribution in [-0.2, 0) is 11.2 Å². The Bertz CT molecular complexity index is 422.